The topological polar surface area (TPSA) is 38.7 Å². The minimum absolute atomic E-state index is 0.0378. The molecular formula is C20H20O3. The molecule has 0 radical (unpaired) electrons. The summed E-state index contributed by atoms with van der Waals surface area (Å²) in [5.41, 5.74) is 2.16. The first-order valence-corrected chi connectivity index (χ1v) is 7.68. The first-order chi connectivity index (χ1) is 11.2. The molecule has 23 heavy (non-hydrogen) atoms. The molecule has 3 nitrogen and oxygen atoms in total. The predicted octanol–water partition coefficient (Wildman–Crippen LogP) is 4.50. The molecule has 1 heterocycles. The molecule has 118 valence electrons. The standard InChI is InChI=1S/C20H20O3/c1-22-18-13-8-16(9-14-18)20-4-2-3-19(23-20)12-7-15-5-10-17(21)11-6-15/h2,4-14,19-21H,3H2,1H3/b12-7+/t19-,20-/m0/s1. The van der Waals surface area contributed by atoms with Crippen LogP contribution in [0.15, 0.2) is 66.8 Å². The summed E-state index contributed by atoms with van der Waals surface area (Å²) in [6.07, 6.45) is 9.20. The van der Waals surface area contributed by atoms with Crippen LogP contribution in [0.1, 0.15) is 23.7 Å². The zero-order valence-corrected chi connectivity index (χ0v) is 13.1. The molecular weight excluding hydrogens is 288 g/mol. The maximum absolute atomic E-state index is 9.30. The number of phenols is 1. The van der Waals surface area contributed by atoms with Crippen molar-refractivity contribution in [1.82, 2.24) is 0 Å². The van der Waals surface area contributed by atoms with Crippen molar-refractivity contribution in [2.45, 2.75) is 18.6 Å². The van der Waals surface area contributed by atoms with Gasteiger partial charge in [0.2, 0.25) is 0 Å². The first kappa shape index (κ1) is 15.4. The van der Waals surface area contributed by atoms with Crippen molar-refractivity contribution in [1.29, 1.82) is 0 Å². The molecule has 0 bridgehead atoms. The van der Waals surface area contributed by atoms with Crippen LogP contribution in [0.3, 0.4) is 0 Å². The van der Waals surface area contributed by atoms with Crippen molar-refractivity contribution in [2.75, 3.05) is 7.11 Å². The SMILES string of the molecule is COc1ccc([C@@H]2C=CC[C@@H](/C=C/c3ccc(O)cc3)O2)cc1. The molecule has 2 aromatic carbocycles. The third-order valence-corrected chi connectivity index (χ3v) is 3.84. The molecule has 0 saturated carbocycles. The summed E-state index contributed by atoms with van der Waals surface area (Å²) in [6.45, 7) is 0. The van der Waals surface area contributed by atoms with Gasteiger partial charge in [0.1, 0.15) is 17.6 Å². The lowest BCUT2D eigenvalue weighted by molar-refractivity contribution is 0.0338. The van der Waals surface area contributed by atoms with Crippen LogP contribution in [0.25, 0.3) is 6.08 Å². The highest BCUT2D eigenvalue weighted by atomic mass is 16.5. The summed E-state index contributed by atoms with van der Waals surface area (Å²) in [6, 6.07) is 15.1. The molecule has 0 spiro atoms. The minimum atomic E-state index is -0.0378. The van der Waals surface area contributed by atoms with E-state index in [9.17, 15) is 5.11 Å². The Morgan fingerprint density at radius 1 is 1.09 bits per heavy atom. The van der Waals surface area contributed by atoms with E-state index in [1.807, 2.05) is 42.5 Å². The lowest BCUT2D eigenvalue weighted by Gasteiger charge is -2.24. The quantitative estimate of drug-likeness (QED) is 0.845. The Labute approximate surface area is 136 Å². The lowest BCUT2D eigenvalue weighted by atomic mass is 10.0. The van der Waals surface area contributed by atoms with E-state index in [0.717, 1.165) is 23.3 Å². The van der Waals surface area contributed by atoms with Gasteiger partial charge in [-0.3, -0.25) is 0 Å². The second kappa shape index (κ2) is 7.16. The fourth-order valence-electron chi connectivity index (χ4n) is 2.54. The van der Waals surface area contributed by atoms with Gasteiger partial charge in [-0.25, -0.2) is 0 Å². The van der Waals surface area contributed by atoms with E-state index in [-0.39, 0.29) is 18.0 Å². The monoisotopic (exact) mass is 308 g/mol. The Hall–Kier alpha value is -2.52. The van der Waals surface area contributed by atoms with Gasteiger partial charge in [-0.2, -0.15) is 0 Å². The Morgan fingerprint density at radius 2 is 1.83 bits per heavy atom. The number of methoxy groups -OCH3 is 1. The Morgan fingerprint density at radius 3 is 2.52 bits per heavy atom. The van der Waals surface area contributed by atoms with Crippen LogP contribution in [-0.2, 0) is 4.74 Å². The smallest absolute Gasteiger partial charge is 0.118 e. The molecule has 2 aromatic rings. The summed E-state index contributed by atoms with van der Waals surface area (Å²) < 4.78 is 11.3. The highest BCUT2D eigenvalue weighted by Crippen LogP contribution is 2.28. The maximum atomic E-state index is 9.30. The summed E-state index contributed by atoms with van der Waals surface area (Å²) in [5.74, 6) is 1.12. The average Bonchev–Trinajstić information content (AvgIpc) is 2.61. The van der Waals surface area contributed by atoms with E-state index in [1.165, 1.54) is 0 Å². The van der Waals surface area contributed by atoms with Gasteiger partial charge in [0.05, 0.1) is 13.2 Å². The molecule has 1 aliphatic heterocycles. The Bertz CT molecular complexity index is 684. The highest BCUT2D eigenvalue weighted by Gasteiger charge is 2.17. The highest BCUT2D eigenvalue weighted by molar-refractivity contribution is 5.51. The molecule has 0 aromatic heterocycles. The second-order valence-corrected chi connectivity index (χ2v) is 5.48. The van der Waals surface area contributed by atoms with Gasteiger partial charge in [0.15, 0.2) is 0 Å². The van der Waals surface area contributed by atoms with Crippen LogP contribution in [0, 0.1) is 0 Å². The van der Waals surface area contributed by atoms with Crippen LogP contribution in [0.2, 0.25) is 0 Å². The number of hydrogen-bond donors (Lipinski definition) is 1. The van der Waals surface area contributed by atoms with Gasteiger partial charge in [-0.05, 0) is 41.8 Å². The van der Waals surface area contributed by atoms with Crippen molar-refractivity contribution >= 4 is 6.08 Å². The summed E-state index contributed by atoms with van der Waals surface area (Å²) >= 11 is 0. The van der Waals surface area contributed by atoms with E-state index in [2.05, 4.69) is 18.2 Å². The number of hydrogen-bond acceptors (Lipinski definition) is 3. The molecule has 0 unspecified atom stereocenters. The Kier molecular flexibility index (Phi) is 4.79. The summed E-state index contributed by atoms with van der Waals surface area (Å²) in [4.78, 5) is 0. The van der Waals surface area contributed by atoms with E-state index in [1.54, 1.807) is 19.2 Å². The molecule has 0 fully saturated rings. The number of phenolic OH excluding ortho intramolecular Hbond substituents is 1. The van der Waals surface area contributed by atoms with E-state index < -0.39 is 0 Å². The third kappa shape index (κ3) is 4.02. The third-order valence-electron chi connectivity index (χ3n) is 3.84. The molecule has 0 aliphatic carbocycles. The minimum Gasteiger partial charge on any atom is -0.508 e. The van der Waals surface area contributed by atoms with Crippen LogP contribution in [-0.4, -0.2) is 18.3 Å². The lowest BCUT2D eigenvalue weighted by Crippen LogP contribution is -2.16. The van der Waals surface area contributed by atoms with Crippen LogP contribution < -0.4 is 4.74 Å². The molecule has 3 rings (SSSR count). The van der Waals surface area contributed by atoms with E-state index >= 15 is 0 Å². The molecule has 1 aliphatic rings. The van der Waals surface area contributed by atoms with Crippen LogP contribution >= 0.6 is 0 Å². The fourth-order valence-corrected chi connectivity index (χ4v) is 2.54. The average molecular weight is 308 g/mol. The molecule has 2 atom stereocenters. The first-order valence-electron chi connectivity index (χ1n) is 7.68. The molecule has 0 saturated heterocycles. The Balaban J connectivity index is 1.66. The van der Waals surface area contributed by atoms with Gasteiger partial charge in [0, 0.05) is 0 Å². The van der Waals surface area contributed by atoms with Crippen molar-refractivity contribution in [3.8, 4) is 11.5 Å². The second-order valence-electron chi connectivity index (χ2n) is 5.48. The van der Waals surface area contributed by atoms with E-state index in [0.29, 0.717) is 0 Å². The number of rotatable bonds is 4. The van der Waals surface area contributed by atoms with Crippen molar-refractivity contribution in [3.05, 3.63) is 77.9 Å². The summed E-state index contributed by atoms with van der Waals surface area (Å²) in [7, 11) is 1.66. The number of benzene rings is 2. The molecule has 3 heteroatoms. The fraction of sp³-hybridized carbons (Fsp3) is 0.200. The summed E-state index contributed by atoms with van der Waals surface area (Å²) in [5, 5.41) is 9.30. The van der Waals surface area contributed by atoms with Crippen LogP contribution in [0.4, 0.5) is 0 Å². The zero-order valence-electron chi connectivity index (χ0n) is 13.1. The zero-order chi connectivity index (χ0) is 16.1. The van der Waals surface area contributed by atoms with Crippen molar-refractivity contribution in [2.24, 2.45) is 0 Å². The van der Waals surface area contributed by atoms with Gasteiger partial charge < -0.3 is 14.6 Å². The number of ether oxygens (including phenoxy) is 2. The van der Waals surface area contributed by atoms with Gasteiger partial charge >= 0.3 is 0 Å². The molecule has 1 N–H and O–H groups in total. The van der Waals surface area contributed by atoms with Crippen molar-refractivity contribution < 1.29 is 14.6 Å². The van der Waals surface area contributed by atoms with Gasteiger partial charge in [-0.15, -0.1) is 0 Å². The number of aromatic hydroxyl groups is 1. The largest absolute Gasteiger partial charge is 0.508 e. The van der Waals surface area contributed by atoms with Gasteiger partial charge in [-0.1, -0.05) is 48.6 Å². The normalized spacial score (nSPS) is 20.7. The van der Waals surface area contributed by atoms with Gasteiger partial charge in [0.25, 0.3) is 0 Å². The van der Waals surface area contributed by atoms with Crippen LogP contribution in [0.5, 0.6) is 11.5 Å². The van der Waals surface area contributed by atoms with E-state index in [4.69, 9.17) is 9.47 Å². The maximum Gasteiger partial charge on any atom is 0.118 e. The predicted molar refractivity (Wildman–Crippen MR) is 91.5 cm³/mol. The van der Waals surface area contributed by atoms with Crippen molar-refractivity contribution in [3.63, 3.8) is 0 Å². The molecule has 0 amide bonds.